The average Bonchev–Trinajstić information content (AvgIpc) is 2.98. The molecule has 0 N–H and O–H groups in total. The Morgan fingerprint density at radius 2 is 0.607 bits per heavy atom. The summed E-state index contributed by atoms with van der Waals surface area (Å²) in [4.78, 5) is 0. The Morgan fingerprint density at radius 1 is 0.321 bits per heavy atom. The van der Waals surface area contributed by atoms with Crippen LogP contribution in [0.15, 0.2) is 152 Å². The van der Waals surface area contributed by atoms with Gasteiger partial charge in [0.05, 0.1) is 44.6 Å². The summed E-state index contributed by atoms with van der Waals surface area (Å²) in [5.41, 5.74) is 20.6. The van der Waals surface area contributed by atoms with Crippen LogP contribution in [0.3, 0.4) is 0 Å². The lowest BCUT2D eigenvalue weighted by Crippen LogP contribution is -2.12. The highest BCUT2D eigenvalue weighted by Gasteiger charge is 2.39. The van der Waals surface area contributed by atoms with Gasteiger partial charge in [-0.3, -0.25) is 0 Å². The van der Waals surface area contributed by atoms with E-state index in [1.807, 2.05) is 9.13 Å². The number of hydrogen-bond acceptors (Lipinski definition) is 1. The SMILES string of the molecule is Cc1cc(C)c(-c2ccc3c4ccc(-c5c(C)cc(C)cc5C)cc4n(-c4cc(-c5ccc(C(F)(F)F)cc5C(F)(F)F)cc(-n5c6cc(-c7c(C)cc(C)cc7C)ccc6c6ccc(-c7c(C)cc(C)cc7C)cc65)c4C#N)c3c2)c(C)c1. The molecule has 0 bridgehead atoms. The first-order valence-electron chi connectivity index (χ1n) is 28.2. The number of rotatable bonds is 7. The van der Waals surface area contributed by atoms with Crippen molar-refractivity contribution in [1.82, 2.24) is 9.13 Å². The maximum Gasteiger partial charge on any atom is 0.417 e. The van der Waals surface area contributed by atoms with Crippen LogP contribution in [0.1, 0.15) is 83.5 Å². The van der Waals surface area contributed by atoms with Crippen molar-refractivity contribution in [1.29, 1.82) is 5.26 Å². The lowest BCUT2D eigenvalue weighted by atomic mass is 9.92. The molecule has 0 aliphatic rings. The Balaban J connectivity index is 1.29. The predicted molar refractivity (Wildman–Crippen MR) is 334 cm³/mol. The number of aromatic nitrogens is 2. The number of nitrogens with zero attached hydrogens (tertiary/aromatic N) is 3. The van der Waals surface area contributed by atoms with E-state index in [0.717, 1.165) is 139 Å². The maximum atomic E-state index is 15.8. The van der Waals surface area contributed by atoms with Crippen LogP contribution in [-0.4, -0.2) is 9.13 Å². The van der Waals surface area contributed by atoms with E-state index in [1.165, 1.54) is 0 Å². The molecule has 0 aliphatic carbocycles. The fourth-order valence-electron chi connectivity index (χ4n) is 14.2. The molecule has 2 heterocycles. The van der Waals surface area contributed by atoms with Crippen molar-refractivity contribution in [2.24, 2.45) is 0 Å². The van der Waals surface area contributed by atoms with Gasteiger partial charge in [-0.1, -0.05) is 125 Å². The highest BCUT2D eigenvalue weighted by molar-refractivity contribution is 6.14. The number of benzene rings is 10. The van der Waals surface area contributed by atoms with Gasteiger partial charge >= 0.3 is 12.4 Å². The summed E-state index contributed by atoms with van der Waals surface area (Å²) in [7, 11) is 0. The third-order valence-corrected chi connectivity index (χ3v) is 17.1. The Kier molecular flexibility index (Phi) is 13.2. The molecule has 84 heavy (non-hydrogen) atoms. The van der Waals surface area contributed by atoms with E-state index < -0.39 is 29.0 Å². The van der Waals surface area contributed by atoms with E-state index in [-0.39, 0.29) is 28.6 Å². The minimum absolute atomic E-state index is 0.0319. The summed E-state index contributed by atoms with van der Waals surface area (Å²) in [6.45, 7) is 24.8. The van der Waals surface area contributed by atoms with Gasteiger partial charge in [-0.05, 0) is 232 Å². The molecule has 12 aromatic rings. The van der Waals surface area contributed by atoms with Gasteiger partial charge in [0.1, 0.15) is 11.6 Å². The van der Waals surface area contributed by atoms with Crippen LogP contribution in [0, 0.1) is 94.4 Å². The van der Waals surface area contributed by atoms with E-state index >= 15 is 13.2 Å². The topological polar surface area (TPSA) is 33.6 Å². The molecule has 2 aromatic heterocycles. The molecule has 0 unspecified atom stereocenters. The van der Waals surface area contributed by atoms with E-state index in [9.17, 15) is 18.4 Å². The van der Waals surface area contributed by atoms with Crippen LogP contribution in [0.25, 0.3) is 111 Å². The van der Waals surface area contributed by atoms with Gasteiger partial charge < -0.3 is 9.13 Å². The largest absolute Gasteiger partial charge is 0.417 e. The van der Waals surface area contributed by atoms with Gasteiger partial charge in [-0.2, -0.15) is 31.6 Å². The molecule has 418 valence electrons. The summed E-state index contributed by atoms with van der Waals surface area (Å²) in [5.74, 6) is 0. The van der Waals surface area contributed by atoms with Crippen molar-refractivity contribution >= 4 is 43.6 Å². The van der Waals surface area contributed by atoms with Crippen LogP contribution in [-0.2, 0) is 12.4 Å². The lowest BCUT2D eigenvalue weighted by Gasteiger charge is -2.21. The van der Waals surface area contributed by atoms with Crippen LogP contribution in [0.2, 0.25) is 0 Å². The smallest absolute Gasteiger partial charge is 0.308 e. The normalized spacial score (nSPS) is 12.2. The Labute approximate surface area is 485 Å². The molecule has 9 heteroatoms. The predicted octanol–water partition coefficient (Wildman–Crippen LogP) is 21.8. The second kappa shape index (κ2) is 20.1. The van der Waals surface area contributed by atoms with Crippen molar-refractivity contribution in [3.63, 3.8) is 0 Å². The zero-order valence-corrected chi connectivity index (χ0v) is 49.0. The van der Waals surface area contributed by atoms with Crippen molar-refractivity contribution in [2.75, 3.05) is 0 Å². The average molecular weight is 1120 g/mol. The summed E-state index contributed by atoms with van der Waals surface area (Å²) in [6.07, 6.45) is -10.3. The fraction of sp³-hybridized carbons (Fsp3) is 0.187. The van der Waals surface area contributed by atoms with Crippen molar-refractivity contribution in [3.05, 3.63) is 235 Å². The van der Waals surface area contributed by atoms with Gasteiger partial charge in [0.15, 0.2) is 0 Å². The minimum atomic E-state index is -5.22. The first-order chi connectivity index (χ1) is 39.8. The number of halogens is 6. The summed E-state index contributed by atoms with van der Waals surface area (Å²) < 4.78 is 95.0. The second-order valence-corrected chi connectivity index (χ2v) is 23.5. The molecule has 0 radical (unpaired) electrons. The van der Waals surface area contributed by atoms with Gasteiger partial charge in [0, 0.05) is 21.5 Å². The molecule has 10 aromatic carbocycles. The van der Waals surface area contributed by atoms with Crippen molar-refractivity contribution < 1.29 is 26.3 Å². The van der Waals surface area contributed by atoms with Gasteiger partial charge in [-0.15, -0.1) is 0 Å². The molecule has 0 spiro atoms. The van der Waals surface area contributed by atoms with Crippen LogP contribution >= 0.6 is 0 Å². The molecule has 0 aliphatic heterocycles. The first-order valence-corrected chi connectivity index (χ1v) is 28.2. The molecule has 0 amide bonds. The number of aryl methyl sites for hydroxylation is 12. The molecule has 3 nitrogen and oxygen atoms in total. The highest BCUT2D eigenvalue weighted by atomic mass is 19.4. The lowest BCUT2D eigenvalue weighted by molar-refractivity contribution is -0.142. The van der Waals surface area contributed by atoms with Crippen molar-refractivity contribution in [2.45, 2.75) is 95.4 Å². The minimum Gasteiger partial charge on any atom is -0.308 e. The monoisotopic (exact) mass is 1120 g/mol. The third kappa shape index (κ3) is 9.24. The Morgan fingerprint density at radius 3 is 0.857 bits per heavy atom. The third-order valence-electron chi connectivity index (χ3n) is 17.1. The molecule has 12 rings (SSSR count). The fourth-order valence-corrected chi connectivity index (χ4v) is 14.2. The number of nitriles is 1. The van der Waals surface area contributed by atoms with E-state index in [1.54, 1.807) is 12.1 Å². The standard InChI is InChI=1S/C75H61F6N3/c1-39-23-43(5)70(44(6)24-39)51-13-18-58-59-19-14-52(71-45(7)25-40(2)26-46(71)8)32-65(59)83(64(58)31-51)68-35-55(57-22-17-56(74(76,77)78)37-63(57)75(79,80)81)36-69(62(68)38-82)84-66-33-53(72-47(9)27-41(3)28-48(72)10)15-20-60(66)61-21-16-54(34-67(61)84)73-49(11)29-42(4)30-50(73)12/h13-37H,1-12H3. The van der Waals surface area contributed by atoms with E-state index in [0.29, 0.717) is 28.1 Å². The maximum absolute atomic E-state index is 15.8. The van der Waals surface area contributed by atoms with Gasteiger partial charge in [0.2, 0.25) is 0 Å². The Hall–Kier alpha value is -9.13. The van der Waals surface area contributed by atoms with Crippen molar-refractivity contribution in [3.8, 4) is 73.1 Å². The molecular formula is C75H61F6N3. The number of fused-ring (bicyclic) bond motifs is 6. The number of alkyl halides is 6. The second-order valence-electron chi connectivity index (χ2n) is 23.5. The van der Waals surface area contributed by atoms with Gasteiger partial charge in [0.25, 0.3) is 0 Å². The molecule has 0 atom stereocenters. The van der Waals surface area contributed by atoms with E-state index in [2.05, 4.69) is 210 Å². The molecular weight excluding hydrogens is 1060 g/mol. The zero-order chi connectivity index (χ0) is 59.7. The number of hydrogen-bond donors (Lipinski definition) is 0. The van der Waals surface area contributed by atoms with E-state index in [4.69, 9.17) is 0 Å². The Bertz CT molecular complexity index is 4260. The molecule has 0 saturated carbocycles. The zero-order valence-electron chi connectivity index (χ0n) is 49.0. The molecule has 0 saturated heterocycles. The summed E-state index contributed by atoms with van der Waals surface area (Å²) in [6, 6.07) is 49.6. The van der Waals surface area contributed by atoms with Gasteiger partial charge in [-0.25, -0.2) is 0 Å². The summed E-state index contributed by atoms with van der Waals surface area (Å²) >= 11 is 0. The quantitative estimate of drug-likeness (QED) is 0.146. The van der Waals surface area contributed by atoms with Crippen LogP contribution < -0.4 is 0 Å². The van der Waals surface area contributed by atoms with Crippen LogP contribution in [0.5, 0.6) is 0 Å². The van der Waals surface area contributed by atoms with Crippen LogP contribution in [0.4, 0.5) is 26.3 Å². The molecule has 0 fully saturated rings. The summed E-state index contributed by atoms with van der Waals surface area (Å²) in [5, 5.41) is 15.5. The first kappa shape index (κ1) is 55.4. The highest BCUT2D eigenvalue weighted by Crippen LogP contribution is 2.48.